The van der Waals surface area contributed by atoms with Crippen LogP contribution in [0.1, 0.15) is 81.3 Å². The molecule has 0 amide bonds. The van der Waals surface area contributed by atoms with E-state index in [0.717, 1.165) is 40.1 Å². The van der Waals surface area contributed by atoms with Crippen LogP contribution in [0.3, 0.4) is 0 Å². The van der Waals surface area contributed by atoms with E-state index in [1.165, 1.54) is 80.9 Å². The highest BCUT2D eigenvalue weighted by Gasteiger charge is 2.59. The lowest BCUT2D eigenvalue weighted by Gasteiger charge is -2.53. The molecule has 2 heterocycles. The van der Waals surface area contributed by atoms with Crippen LogP contribution in [-0.2, 0) is 4.74 Å². The van der Waals surface area contributed by atoms with Crippen molar-refractivity contribution >= 4 is 0 Å². The van der Waals surface area contributed by atoms with E-state index in [1.807, 2.05) is 30.3 Å². The van der Waals surface area contributed by atoms with Crippen LogP contribution in [0.25, 0.3) is 33.4 Å². The molecule has 3 heteroatoms. The summed E-state index contributed by atoms with van der Waals surface area (Å²) < 4.78 is 6.87. The first-order chi connectivity index (χ1) is 22.7. The van der Waals surface area contributed by atoms with Crippen molar-refractivity contribution in [1.29, 1.82) is 5.26 Å². The van der Waals surface area contributed by atoms with E-state index in [2.05, 4.69) is 77.7 Å². The predicted octanol–water partition coefficient (Wildman–Crippen LogP) is 10.0. The maximum atomic E-state index is 9.78. The van der Waals surface area contributed by atoms with Gasteiger partial charge in [0.1, 0.15) is 0 Å². The van der Waals surface area contributed by atoms with Crippen molar-refractivity contribution in [2.45, 2.75) is 100 Å². The Labute approximate surface area is 274 Å². The fourth-order valence-electron chi connectivity index (χ4n) is 10.5. The fourth-order valence-corrected chi connectivity index (χ4v) is 10.5. The molecule has 4 aromatic rings. The molecule has 3 saturated carbocycles. The zero-order chi connectivity index (χ0) is 30.6. The quantitative estimate of drug-likeness (QED) is 0.233. The minimum Gasteiger partial charge on any atom is -0.372 e. The minimum atomic E-state index is 0.490. The van der Waals surface area contributed by atoms with E-state index >= 15 is 0 Å². The molecule has 3 aliphatic carbocycles. The average Bonchev–Trinajstić information content (AvgIpc) is 3.47. The number of hydrogen-bond donors (Lipinski definition) is 0. The van der Waals surface area contributed by atoms with Crippen LogP contribution in [0.15, 0.2) is 97.1 Å². The highest BCUT2D eigenvalue weighted by molar-refractivity contribution is 5.78. The molecule has 5 aliphatic rings. The number of benzene rings is 4. The van der Waals surface area contributed by atoms with Crippen LogP contribution < -0.4 is 0 Å². The van der Waals surface area contributed by atoms with Gasteiger partial charge in [-0.25, -0.2) is 0 Å². The number of nitrogens with zero attached hydrogens (tertiary/aromatic N) is 2. The van der Waals surface area contributed by atoms with Crippen molar-refractivity contribution in [1.82, 2.24) is 4.90 Å². The first kappa shape index (κ1) is 28.5. The Morgan fingerprint density at radius 1 is 0.565 bits per heavy atom. The fraction of sp³-hybridized carbons (Fsp3) is 0.419. The third-order valence-electron chi connectivity index (χ3n) is 12.5. The summed E-state index contributed by atoms with van der Waals surface area (Å²) >= 11 is 0. The van der Waals surface area contributed by atoms with Crippen LogP contribution in [-0.4, -0.2) is 35.2 Å². The molecule has 8 atom stereocenters. The summed E-state index contributed by atoms with van der Waals surface area (Å²) in [7, 11) is 0. The van der Waals surface area contributed by atoms with Gasteiger partial charge in [0.2, 0.25) is 0 Å². The third kappa shape index (κ3) is 4.93. The summed E-state index contributed by atoms with van der Waals surface area (Å²) in [6.07, 6.45) is 14.4. The third-order valence-corrected chi connectivity index (χ3v) is 12.5. The summed E-state index contributed by atoms with van der Waals surface area (Å²) in [6, 6.07) is 39.4. The Morgan fingerprint density at radius 2 is 1.26 bits per heavy atom. The van der Waals surface area contributed by atoms with Crippen molar-refractivity contribution in [3.8, 4) is 39.4 Å². The molecule has 3 nitrogen and oxygen atoms in total. The van der Waals surface area contributed by atoms with E-state index in [4.69, 9.17) is 4.74 Å². The molecular weight excluding hydrogens is 560 g/mol. The van der Waals surface area contributed by atoms with Gasteiger partial charge in [-0.15, -0.1) is 0 Å². The van der Waals surface area contributed by atoms with Gasteiger partial charge in [0.05, 0.1) is 23.8 Å². The van der Waals surface area contributed by atoms with E-state index in [9.17, 15) is 5.26 Å². The van der Waals surface area contributed by atoms with Crippen LogP contribution in [0.4, 0.5) is 0 Å². The number of morpholine rings is 1. The Morgan fingerprint density at radius 3 is 2.09 bits per heavy atom. The van der Waals surface area contributed by atoms with Gasteiger partial charge in [-0.1, -0.05) is 92.1 Å². The van der Waals surface area contributed by atoms with E-state index in [-0.39, 0.29) is 0 Å². The molecule has 0 bridgehead atoms. The van der Waals surface area contributed by atoms with Crippen molar-refractivity contribution in [3.05, 3.63) is 108 Å². The highest BCUT2D eigenvalue weighted by Crippen LogP contribution is 2.56. The van der Waals surface area contributed by atoms with Crippen molar-refractivity contribution < 1.29 is 4.74 Å². The average molecular weight is 605 g/mol. The second-order valence-corrected chi connectivity index (χ2v) is 14.8. The number of hydrogen-bond acceptors (Lipinski definition) is 3. The standard InChI is InChI=1S/C43H44N2O/c44-27-28-22-35(29-8-2-1-3-9-29)25-36(23-28)33-11-6-10-32(24-33)30-16-18-31(19-17-30)34-20-21-39-38(26-34)37-12-7-15-42-43(37)45(39)40-13-4-5-14-41(40)46-42/h1-3,6,8-11,16-19,22-25,34,37-43H,4-5,7,12-15,20-21,26H2. The molecule has 2 saturated heterocycles. The molecule has 0 radical (unpaired) electrons. The Hall–Kier alpha value is -3.71. The van der Waals surface area contributed by atoms with Crippen LogP contribution in [0.2, 0.25) is 0 Å². The summed E-state index contributed by atoms with van der Waals surface area (Å²) in [5, 5.41) is 9.78. The molecule has 4 aromatic carbocycles. The second-order valence-electron chi connectivity index (χ2n) is 14.8. The molecule has 8 unspecified atom stereocenters. The summed E-state index contributed by atoms with van der Waals surface area (Å²) in [5.74, 6) is 2.33. The smallest absolute Gasteiger partial charge is 0.0992 e. The SMILES string of the molecule is N#Cc1cc(-c2ccccc2)cc(-c2cccc(-c3ccc(C4CCC5C(C4)C4CCCC6OC7CCCCC7N5C64)cc3)c2)c1. The minimum absolute atomic E-state index is 0.490. The zero-order valence-corrected chi connectivity index (χ0v) is 26.7. The highest BCUT2D eigenvalue weighted by atomic mass is 16.5. The molecule has 0 spiro atoms. The second kappa shape index (κ2) is 11.8. The maximum Gasteiger partial charge on any atom is 0.0992 e. The summed E-state index contributed by atoms with van der Waals surface area (Å²) in [6.45, 7) is 0. The topological polar surface area (TPSA) is 36.3 Å². The van der Waals surface area contributed by atoms with Crippen LogP contribution in [0.5, 0.6) is 0 Å². The lowest BCUT2D eigenvalue weighted by molar-refractivity contribution is -0.177. The van der Waals surface area contributed by atoms with Gasteiger partial charge in [-0.2, -0.15) is 5.26 Å². The van der Waals surface area contributed by atoms with Gasteiger partial charge in [-0.05, 0) is 126 Å². The molecular formula is C43H44N2O. The number of rotatable bonds is 4. The van der Waals surface area contributed by atoms with E-state index in [0.29, 0.717) is 35.8 Å². The van der Waals surface area contributed by atoms with Crippen LogP contribution >= 0.6 is 0 Å². The molecule has 0 aromatic heterocycles. The lowest BCUT2D eigenvalue weighted by Crippen LogP contribution is -2.63. The molecule has 5 fully saturated rings. The zero-order valence-electron chi connectivity index (χ0n) is 26.7. The monoisotopic (exact) mass is 604 g/mol. The first-order valence-corrected chi connectivity index (χ1v) is 18.0. The van der Waals surface area contributed by atoms with Gasteiger partial charge < -0.3 is 4.74 Å². The summed E-state index contributed by atoms with van der Waals surface area (Å²) in [4.78, 5) is 3.08. The van der Waals surface area contributed by atoms with Crippen molar-refractivity contribution in [2.75, 3.05) is 0 Å². The normalized spacial score (nSPS) is 31.7. The van der Waals surface area contributed by atoms with E-state index in [1.54, 1.807) is 0 Å². The van der Waals surface area contributed by atoms with E-state index < -0.39 is 0 Å². The van der Waals surface area contributed by atoms with Gasteiger partial charge >= 0.3 is 0 Å². The van der Waals surface area contributed by atoms with Crippen molar-refractivity contribution in [3.63, 3.8) is 0 Å². The maximum absolute atomic E-state index is 9.78. The molecule has 46 heavy (non-hydrogen) atoms. The van der Waals surface area contributed by atoms with Crippen LogP contribution in [0, 0.1) is 23.2 Å². The number of nitriles is 1. The van der Waals surface area contributed by atoms with Gasteiger partial charge in [0.25, 0.3) is 0 Å². The Bertz CT molecular complexity index is 1760. The van der Waals surface area contributed by atoms with Gasteiger partial charge in [-0.3, -0.25) is 4.90 Å². The summed E-state index contributed by atoms with van der Waals surface area (Å²) in [5.41, 5.74) is 9.12. The Balaban J connectivity index is 0.952. The van der Waals surface area contributed by atoms with Crippen molar-refractivity contribution in [2.24, 2.45) is 11.8 Å². The Kier molecular flexibility index (Phi) is 7.33. The molecule has 2 aliphatic heterocycles. The number of fused-ring (bicyclic) bond motifs is 5. The predicted molar refractivity (Wildman–Crippen MR) is 185 cm³/mol. The molecule has 0 N–H and O–H groups in total. The first-order valence-electron chi connectivity index (χ1n) is 18.0. The largest absolute Gasteiger partial charge is 0.372 e. The molecule has 9 rings (SSSR count). The van der Waals surface area contributed by atoms with Gasteiger partial charge in [0, 0.05) is 18.1 Å². The number of ether oxygens (including phenoxy) is 1. The molecule has 232 valence electrons. The lowest BCUT2D eigenvalue weighted by atomic mass is 9.68. The van der Waals surface area contributed by atoms with Gasteiger partial charge in [0.15, 0.2) is 0 Å².